The molecular weight excluding hydrogens is 364 g/mol. The van der Waals surface area contributed by atoms with Gasteiger partial charge in [0.25, 0.3) is 5.91 Å². The summed E-state index contributed by atoms with van der Waals surface area (Å²) in [7, 11) is 0.777. The Bertz CT molecular complexity index is 731. The maximum Gasteiger partial charge on any atom is 0.315 e. The molecule has 9 heteroatoms. The monoisotopic (exact) mass is 386 g/mol. The first-order chi connectivity index (χ1) is 11.8. The summed E-state index contributed by atoms with van der Waals surface area (Å²) in [6.07, 6.45) is 0.820. The van der Waals surface area contributed by atoms with Gasteiger partial charge in [0, 0.05) is 38.0 Å². The summed E-state index contributed by atoms with van der Waals surface area (Å²) in [5.74, 6) is -0.122. The molecule has 2 rings (SSSR count). The van der Waals surface area contributed by atoms with E-state index in [-0.39, 0.29) is 27.8 Å². The molecule has 0 saturated carbocycles. The molecule has 1 atom stereocenters. The molecule has 0 radical (unpaired) electrons. The molecule has 1 fully saturated rings. The number of hydrogen-bond donors (Lipinski definition) is 0. The molecule has 1 heterocycles. The molecule has 0 aromatic heterocycles. The van der Waals surface area contributed by atoms with E-state index in [4.69, 9.17) is 0 Å². The molecule has 7 nitrogen and oxygen atoms in total. The second-order valence-electron chi connectivity index (χ2n) is 5.86. The average Bonchev–Trinajstić information content (AvgIpc) is 3.07. The number of carbonyl (C=O) groups excluding carboxylic acids is 2. The minimum absolute atomic E-state index is 0.130. The van der Waals surface area contributed by atoms with Gasteiger partial charge in [0.15, 0.2) is 0 Å². The number of rotatable bonds is 6. The molecule has 1 aromatic rings. The molecule has 0 spiro atoms. The lowest BCUT2D eigenvalue weighted by Gasteiger charge is -2.17. The van der Waals surface area contributed by atoms with E-state index in [9.17, 15) is 18.0 Å². The van der Waals surface area contributed by atoms with Crippen LogP contribution in [0.1, 0.15) is 16.8 Å². The van der Waals surface area contributed by atoms with Crippen molar-refractivity contribution in [1.82, 2.24) is 9.21 Å². The Morgan fingerprint density at radius 2 is 1.92 bits per heavy atom. The number of methoxy groups -OCH3 is 1. The number of sulfonamides is 1. The molecule has 138 valence electrons. The predicted octanol–water partition coefficient (Wildman–Crippen LogP) is 1.06. The molecule has 0 aliphatic carbocycles. The third-order valence-electron chi connectivity index (χ3n) is 3.98. The number of benzene rings is 1. The zero-order valence-electron chi connectivity index (χ0n) is 14.5. The summed E-state index contributed by atoms with van der Waals surface area (Å²) in [6, 6.07) is 5.96. The van der Waals surface area contributed by atoms with Gasteiger partial charge in [0.05, 0.1) is 17.8 Å². The van der Waals surface area contributed by atoms with Crippen molar-refractivity contribution in [2.24, 2.45) is 0 Å². The summed E-state index contributed by atoms with van der Waals surface area (Å²) in [5.41, 5.74) is 0.455. The largest absolute Gasteiger partial charge is 0.468 e. The van der Waals surface area contributed by atoms with Crippen molar-refractivity contribution >= 4 is 33.7 Å². The highest BCUT2D eigenvalue weighted by Gasteiger charge is 2.28. The van der Waals surface area contributed by atoms with Crippen LogP contribution in [0.4, 0.5) is 0 Å². The van der Waals surface area contributed by atoms with Crippen LogP contribution in [0.25, 0.3) is 0 Å². The number of hydrogen-bond acceptors (Lipinski definition) is 6. The Labute approximate surface area is 152 Å². The van der Waals surface area contributed by atoms with E-state index >= 15 is 0 Å². The van der Waals surface area contributed by atoms with Crippen molar-refractivity contribution in [2.45, 2.75) is 16.6 Å². The first kappa shape index (κ1) is 19.7. The van der Waals surface area contributed by atoms with E-state index in [2.05, 4.69) is 4.74 Å². The molecule has 25 heavy (non-hydrogen) atoms. The zero-order chi connectivity index (χ0) is 18.6. The molecule has 1 amide bonds. The molecule has 1 unspecified atom stereocenters. The number of likely N-dealkylation sites (tertiary alicyclic amines) is 1. The molecule has 0 bridgehead atoms. The molecular formula is C16H22N2O5S2. The quantitative estimate of drug-likeness (QED) is 0.680. The van der Waals surface area contributed by atoms with Crippen molar-refractivity contribution in [3.63, 3.8) is 0 Å². The lowest BCUT2D eigenvalue weighted by Crippen LogP contribution is -2.29. The highest BCUT2D eigenvalue weighted by Crippen LogP contribution is 2.24. The van der Waals surface area contributed by atoms with Gasteiger partial charge in [-0.25, -0.2) is 12.7 Å². The Hall–Kier alpha value is -1.58. The number of thioether (sulfide) groups is 1. The van der Waals surface area contributed by atoms with Crippen LogP contribution >= 0.6 is 11.8 Å². The van der Waals surface area contributed by atoms with Gasteiger partial charge in [0.2, 0.25) is 10.0 Å². The Kier molecular flexibility index (Phi) is 6.47. The Morgan fingerprint density at radius 3 is 2.48 bits per heavy atom. The fourth-order valence-electron chi connectivity index (χ4n) is 2.46. The SMILES string of the molecule is COC(=O)CSC1CCN(C(=O)c2ccc(S(=O)(=O)N(C)C)cc2)C1. The molecule has 1 aliphatic rings. The summed E-state index contributed by atoms with van der Waals surface area (Å²) in [6.45, 7) is 1.19. The smallest absolute Gasteiger partial charge is 0.315 e. The Morgan fingerprint density at radius 1 is 1.28 bits per heavy atom. The lowest BCUT2D eigenvalue weighted by molar-refractivity contribution is -0.137. The van der Waals surface area contributed by atoms with Crippen LogP contribution in [0.5, 0.6) is 0 Å². The summed E-state index contributed by atoms with van der Waals surface area (Å²) in [4.78, 5) is 25.6. The minimum Gasteiger partial charge on any atom is -0.468 e. The minimum atomic E-state index is -3.50. The maximum atomic E-state index is 12.5. The third kappa shape index (κ3) is 4.74. The van der Waals surface area contributed by atoms with Crippen LogP contribution in [-0.2, 0) is 19.6 Å². The number of nitrogens with zero attached hydrogens (tertiary/aromatic N) is 2. The van der Waals surface area contributed by atoms with E-state index in [1.54, 1.807) is 4.90 Å². The number of ether oxygens (including phenoxy) is 1. The second-order valence-corrected chi connectivity index (χ2v) is 9.30. The summed E-state index contributed by atoms with van der Waals surface area (Å²) >= 11 is 1.49. The van der Waals surface area contributed by atoms with Gasteiger partial charge in [0.1, 0.15) is 0 Å². The number of amides is 1. The van der Waals surface area contributed by atoms with Crippen LogP contribution in [-0.4, -0.2) is 74.8 Å². The first-order valence-electron chi connectivity index (χ1n) is 7.76. The van der Waals surface area contributed by atoms with Crippen molar-refractivity contribution in [1.29, 1.82) is 0 Å². The van der Waals surface area contributed by atoms with Crippen molar-refractivity contribution in [3.05, 3.63) is 29.8 Å². The van der Waals surface area contributed by atoms with E-state index < -0.39 is 10.0 Å². The van der Waals surface area contributed by atoms with Gasteiger partial charge >= 0.3 is 5.97 Å². The fourth-order valence-corrected chi connectivity index (χ4v) is 4.41. The molecule has 1 saturated heterocycles. The normalized spacial score (nSPS) is 17.8. The molecule has 1 aliphatic heterocycles. The zero-order valence-corrected chi connectivity index (χ0v) is 16.1. The van der Waals surface area contributed by atoms with Crippen molar-refractivity contribution in [2.75, 3.05) is 40.0 Å². The van der Waals surface area contributed by atoms with Gasteiger partial charge in [-0.1, -0.05) is 0 Å². The van der Waals surface area contributed by atoms with Crippen LogP contribution in [0.15, 0.2) is 29.2 Å². The third-order valence-corrected chi connectivity index (χ3v) is 7.06. The van der Waals surface area contributed by atoms with Gasteiger partial charge < -0.3 is 9.64 Å². The van der Waals surface area contributed by atoms with E-state index in [1.165, 1.54) is 57.2 Å². The van der Waals surface area contributed by atoms with Gasteiger partial charge in [-0.15, -0.1) is 11.8 Å². The Balaban J connectivity index is 1.99. The second kappa shape index (κ2) is 8.20. The van der Waals surface area contributed by atoms with Crippen LogP contribution < -0.4 is 0 Å². The summed E-state index contributed by atoms with van der Waals surface area (Å²) in [5, 5.41) is 0.205. The topological polar surface area (TPSA) is 84.0 Å². The van der Waals surface area contributed by atoms with Crippen LogP contribution in [0, 0.1) is 0 Å². The van der Waals surface area contributed by atoms with Gasteiger partial charge in [-0.2, -0.15) is 0 Å². The lowest BCUT2D eigenvalue weighted by atomic mass is 10.2. The predicted molar refractivity (Wildman–Crippen MR) is 96.1 cm³/mol. The standard InChI is InChI=1S/C16H22N2O5S2/c1-17(2)25(21,22)14-6-4-12(5-7-14)16(20)18-9-8-13(10-18)24-11-15(19)23-3/h4-7,13H,8-11H2,1-3H3. The van der Waals surface area contributed by atoms with Crippen LogP contribution in [0.2, 0.25) is 0 Å². The van der Waals surface area contributed by atoms with E-state index in [0.29, 0.717) is 18.7 Å². The van der Waals surface area contributed by atoms with Crippen LogP contribution in [0.3, 0.4) is 0 Å². The van der Waals surface area contributed by atoms with E-state index in [0.717, 1.165) is 10.7 Å². The maximum absolute atomic E-state index is 12.5. The summed E-state index contributed by atoms with van der Waals surface area (Å²) < 4.78 is 29.9. The van der Waals surface area contributed by atoms with Crippen molar-refractivity contribution < 1.29 is 22.7 Å². The fraction of sp³-hybridized carbons (Fsp3) is 0.500. The highest BCUT2D eigenvalue weighted by molar-refractivity contribution is 8.00. The van der Waals surface area contributed by atoms with Crippen molar-refractivity contribution in [3.8, 4) is 0 Å². The molecule has 0 N–H and O–H groups in total. The average molecular weight is 386 g/mol. The first-order valence-corrected chi connectivity index (χ1v) is 10.2. The van der Waals surface area contributed by atoms with Gasteiger partial charge in [-0.3, -0.25) is 9.59 Å². The van der Waals surface area contributed by atoms with E-state index in [1.807, 2.05) is 0 Å². The highest BCUT2D eigenvalue weighted by atomic mass is 32.2. The molecule has 1 aromatic carbocycles. The van der Waals surface area contributed by atoms with Gasteiger partial charge in [-0.05, 0) is 30.7 Å². The number of carbonyl (C=O) groups is 2. The number of esters is 1.